The van der Waals surface area contributed by atoms with Gasteiger partial charge >= 0.3 is 0 Å². The van der Waals surface area contributed by atoms with Gasteiger partial charge in [0.05, 0.1) is 23.8 Å². The van der Waals surface area contributed by atoms with Gasteiger partial charge in [0.2, 0.25) is 5.91 Å². The molecular formula is C15H17N3OS. The Morgan fingerprint density at radius 1 is 1.45 bits per heavy atom. The molecule has 1 atom stereocenters. The van der Waals surface area contributed by atoms with Gasteiger partial charge in [0.25, 0.3) is 0 Å². The van der Waals surface area contributed by atoms with Gasteiger partial charge in [-0.2, -0.15) is 0 Å². The minimum atomic E-state index is -0.131. The molecule has 1 aliphatic heterocycles. The zero-order chi connectivity index (χ0) is 13.9. The molecule has 2 aromatic rings. The first-order valence-corrected chi connectivity index (χ1v) is 7.60. The van der Waals surface area contributed by atoms with Crippen LogP contribution < -0.4 is 5.32 Å². The molecule has 1 aliphatic rings. The van der Waals surface area contributed by atoms with Crippen molar-refractivity contribution >= 4 is 17.2 Å². The first kappa shape index (κ1) is 13.3. The molecule has 3 rings (SSSR count). The number of benzene rings is 1. The van der Waals surface area contributed by atoms with E-state index in [0.29, 0.717) is 6.54 Å². The predicted octanol–water partition coefficient (Wildman–Crippen LogP) is 1.82. The average Bonchev–Trinajstić information content (AvgIpc) is 2.99. The monoisotopic (exact) mass is 287 g/mol. The van der Waals surface area contributed by atoms with Crippen LogP contribution in [0.4, 0.5) is 0 Å². The van der Waals surface area contributed by atoms with Gasteiger partial charge in [-0.05, 0) is 17.5 Å². The van der Waals surface area contributed by atoms with Crippen LogP contribution in [0.5, 0.6) is 0 Å². The minimum absolute atomic E-state index is 0.131. The van der Waals surface area contributed by atoms with Crippen LogP contribution >= 0.6 is 11.3 Å². The number of carbonyl (C=O) groups is 1. The number of thiazole rings is 1. The minimum Gasteiger partial charge on any atom is -0.338 e. The molecule has 1 aromatic carbocycles. The summed E-state index contributed by atoms with van der Waals surface area (Å²) < 4.78 is 0. The van der Waals surface area contributed by atoms with Crippen molar-refractivity contribution in [1.82, 2.24) is 15.2 Å². The number of carbonyl (C=O) groups excluding carboxylic acids is 1. The van der Waals surface area contributed by atoms with Crippen LogP contribution in [-0.4, -0.2) is 28.9 Å². The van der Waals surface area contributed by atoms with Crippen molar-refractivity contribution in [1.29, 1.82) is 0 Å². The molecular weight excluding hydrogens is 270 g/mol. The maximum atomic E-state index is 12.5. The van der Waals surface area contributed by atoms with Crippen LogP contribution in [0.1, 0.15) is 16.8 Å². The van der Waals surface area contributed by atoms with Crippen molar-refractivity contribution in [3.8, 4) is 0 Å². The molecule has 0 unspecified atom stereocenters. The fourth-order valence-corrected chi connectivity index (χ4v) is 3.08. The normalized spacial score (nSPS) is 17.6. The standard InChI is InChI=1S/C15H17N3OS/c1-18(8-13-9-20-10-17-13)15(19)14-6-11-4-2-3-5-12(11)7-16-14/h2-5,9-10,14,16H,6-8H2,1H3/t14-/m1/s1. The van der Waals surface area contributed by atoms with Gasteiger partial charge in [-0.1, -0.05) is 24.3 Å². The Hall–Kier alpha value is -1.72. The van der Waals surface area contributed by atoms with Crippen LogP contribution in [0, 0.1) is 0 Å². The average molecular weight is 287 g/mol. The highest BCUT2D eigenvalue weighted by Crippen LogP contribution is 2.17. The van der Waals surface area contributed by atoms with E-state index < -0.39 is 0 Å². The van der Waals surface area contributed by atoms with Crippen LogP contribution in [0.3, 0.4) is 0 Å². The molecule has 4 nitrogen and oxygen atoms in total. The van der Waals surface area contributed by atoms with E-state index in [0.717, 1.165) is 18.7 Å². The Balaban J connectivity index is 1.66. The molecule has 0 aliphatic carbocycles. The fourth-order valence-electron chi connectivity index (χ4n) is 2.53. The number of amides is 1. The highest BCUT2D eigenvalue weighted by Gasteiger charge is 2.26. The number of hydrogen-bond acceptors (Lipinski definition) is 4. The molecule has 5 heteroatoms. The smallest absolute Gasteiger partial charge is 0.240 e. The van der Waals surface area contributed by atoms with E-state index in [1.165, 1.54) is 11.1 Å². The molecule has 0 saturated carbocycles. The third kappa shape index (κ3) is 2.73. The summed E-state index contributed by atoms with van der Waals surface area (Å²) in [5, 5.41) is 5.31. The van der Waals surface area contributed by atoms with Gasteiger partial charge in [0, 0.05) is 19.0 Å². The second-order valence-electron chi connectivity index (χ2n) is 5.08. The van der Waals surface area contributed by atoms with Crippen LogP contribution in [0.2, 0.25) is 0 Å². The van der Waals surface area contributed by atoms with E-state index in [9.17, 15) is 4.79 Å². The van der Waals surface area contributed by atoms with Crippen molar-refractivity contribution in [3.63, 3.8) is 0 Å². The molecule has 1 N–H and O–H groups in total. The van der Waals surface area contributed by atoms with Crippen molar-refractivity contribution in [3.05, 3.63) is 52.0 Å². The first-order valence-electron chi connectivity index (χ1n) is 6.66. The van der Waals surface area contributed by atoms with Crippen molar-refractivity contribution in [2.24, 2.45) is 0 Å². The molecule has 20 heavy (non-hydrogen) atoms. The Bertz CT molecular complexity index is 597. The topological polar surface area (TPSA) is 45.2 Å². The number of rotatable bonds is 3. The number of fused-ring (bicyclic) bond motifs is 1. The van der Waals surface area contributed by atoms with E-state index in [1.54, 1.807) is 21.7 Å². The van der Waals surface area contributed by atoms with Crippen LogP contribution in [0.15, 0.2) is 35.2 Å². The Kier molecular flexibility index (Phi) is 3.80. The Morgan fingerprint density at radius 2 is 2.25 bits per heavy atom. The summed E-state index contributed by atoms with van der Waals surface area (Å²) in [7, 11) is 1.84. The lowest BCUT2D eigenvalue weighted by Gasteiger charge is -2.28. The highest BCUT2D eigenvalue weighted by atomic mass is 32.1. The summed E-state index contributed by atoms with van der Waals surface area (Å²) in [5.41, 5.74) is 5.30. The van der Waals surface area contributed by atoms with Crippen molar-refractivity contribution in [2.45, 2.75) is 25.6 Å². The summed E-state index contributed by atoms with van der Waals surface area (Å²) in [6.07, 6.45) is 0.760. The van der Waals surface area contributed by atoms with Crippen molar-refractivity contribution < 1.29 is 4.79 Å². The third-order valence-corrected chi connectivity index (χ3v) is 4.27. The largest absolute Gasteiger partial charge is 0.338 e. The molecule has 0 bridgehead atoms. The van der Waals surface area contributed by atoms with Crippen molar-refractivity contribution in [2.75, 3.05) is 7.05 Å². The quantitative estimate of drug-likeness (QED) is 0.936. The highest BCUT2D eigenvalue weighted by molar-refractivity contribution is 7.07. The van der Waals surface area contributed by atoms with E-state index in [1.807, 2.05) is 24.6 Å². The summed E-state index contributed by atoms with van der Waals surface area (Å²) in [6, 6.07) is 8.16. The molecule has 0 spiro atoms. The summed E-state index contributed by atoms with van der Waals surface area (Å²) in [5.74, 6) is 0.132. The maximum absolute atomic E-state index is 12.5. The lowest BCUT2D eigenvalue weighted by Crippen LogP contribution is -2.48. The summed E-state index contributed by atoms with van der Waals surface area (Å²) in [6.45, 7) is 1.33. The zero-order valence-corrected chi connectivity index (χ0v) is 12.2. The molecule has 0 radical (unpaired) electrons. The molecule has 104 valence electrons. The van der Waals surface area contributed by atoms with Crippen LogP contribution in [0.25, 0.3) is 0 Å². The summed E-state index contributed by atoms with van der Waals surface area (Å²) in [4.78, 5) is 18.4. The molecule has 2 heterocycles. The number of nitrogens with zero attached hydrogens (tertiary/aromatic N) is 2. The van der Waals surface area contributed by atoms with Gasteiger partial charge in [-0.15, -0.1) is 11.3 Å². The molecule has 1 aromatic heterocycles. The Morgan fingerprint density at radius 3 is 3.00 bits per heavy atom. The lowest BCUT2D eigenvalue weighted by atomic mass is 9.95. The summed E-state index contributed by atoms with van der Waals surface area (Å²) >= 11 is 1.55. The lowest BCUT2D eigenvalue weighted by molar-refractivity contribution is -0.132. The van der Waals surface area contributed by atoms with Gasteiger partial charge in [0.15, 0.2) is 0 Å². The van der Waals surface area contributed by atoms with Gasteiger partial charge in [-0.3, -0.25) is 4.79 Å². The predicted molar refractivity (Wildman–Crippen MR) is 79.4 cm³/mol. The Labute approximate surface area is 122 Å². The maximum Gasteiger partial charge on any atom is 0.240 e. The second-order valence-corrected chi connectivity index (χ2v) is 5.80. The number of aromatic nitrogens is 1. The molecule has 0 saturated heterocycles. The SMILES string of the molecule is CN(Cc1cscn1)C(=O)[C@H]1Cc2ccccc2CN1. The second kappa shape index (κ2) is 5.73. The third-order valence-electron chi connectivity index (χ3n) is 3.64. The molecule has 1 amide bonds. The van der Waals surface area contributed by atoms with E-state index in [-0.39, 0.29) is 11.9 Å². The number of hydrogen-bond donors (Lipinski definition) is 1. The first-order chi connectivity index (χ1) is 9.74. The number of nitrogens with one attached hydrogen (secondary N) is 1. The van der Waals surface area contributed by atoms with Gasteiger partial charge in [0.1, 0.15) is 0 Å². The fraction of sp³-hybridized carbons (Fsp3) is 0.333. The number of likely N-dealkylation sites (N-methyl/N-ethyl adjacent to an activating group) is 1. The zero-order valence-electron chi connectivity index (χ0n) is 11.4. The van der Waals surface area contributed by atoms with E-state index in [4.69, 9.17) is 0 Å². The van der Waals surface area contributed by atoms with E-state index in [2.05, 4.69) is 22.4 Å². The molecule has 0 fully saturated rings. The van der Waals surface area contributed by atoms with Gasteiger partial charge in [-0.25, -0.2) is 4.98 Å². The van der Waals surface area contributed by atoms with Gasteiger partial charge < -0.3 is 10.2 Å². The van der Waals surface area contributed by atoms with E-state index >= 15 is 0 Å². The van der Waals surface area contributed by atoms with Crippen LogP contribution in [-0.2, 0) is 24.3 Å².